The van der Waals surface area contributed by atoms with Crippen LogP contribution in [0.15, 0.2) is 78.9 Å². The molecule has 3 aromatic rings. The number of rotatable bonds is 7. The molecule has 0 spiro atoms. The van der Waals surface area contributed by atoms with Crippen LogP contribution >= 0.6 is 0 Å². The van der Waals surface area contributed by atoms with Crippen LogP contribution in [0.1, 0.15) is 42.4 Å². The lowest BCUT2D eigenvalue weighted by atomic mass is 9.95. The van der Waals surface area contributed by atoms with Gasteiger partial charge in [0, 0.05) is 31.0 Å². The summed E-state index contributed by atoms with van der Waals surface area (Å²) in [6.45, 7) is 3.05. The zero-order valence-electron chi connectivity index (χ0n) is 20.0. The van der Waals surface area contributed by atoms with Gasteiger partial charge in [-0.2, -0.15) is 13.2 Å². The van der Waals surface area contributed by atoms with E-state index in [1.54, 1.807) is 40.1 Å². The second-order valence-corrected chi connectivity index (χ2v) is 8.82. The number of urea groups is 1. The SMILES string of the molecule is CC[C@H](C(=O)Nc1ccc(N2CCCN(Cc3cccc(C(F)(F)F)c3)C2=O)cc1)c1ccccc1. The van der Waals surface area contributed by atoms with Crippen LogP contribution in [0.25, 0.3) is 0 Å². The van der Waals surface area contributed by atoms with Gasteiger partial charge in [0.2, 0.25) is 5.91 Å². The van der Waals surface area contributed by atoms with E-state index in [1.165, 1.54) is 6.07 Å². The molecular weight excluding hydrogens is 467 g/mol. The van der Waals surface area contributed by atoms with Crippen molar-refractivity contribution in [3.8, 4) is 0 Å². The Morgan fingerprint density at radius 2 is 1.69 bits per heavy atom. The topological polar surface area (TPSA) is 52.7 Å². The van der Waals surface area contributed by atoms with Crippen molar-refractivity contribution >= 4 is 23.3 Å². The monoisotopic (exact) mass is 495 g/mol. The predicted molar refractivity (Wildman–Crippen MR) is 134 cm³/mol. The van der Waals surface area contributed by atoms with Crippen LogP contribution < -0.4 is 10.2 Å². The van der Waals surface area contributed by atoms with E-state index in [0.717, 1.165) is 17.7 Å². The normalized spacial score (nSPS) is 15.1. The molecule has 3 amide bonds. The number of benzene rings is 3. The number of hydrogen-bond donors (Lipinski definition) is 1. The van der Waals surface area contributed by atoms with Crippen LogP contribution in [0.3, 0.4) is 0 Å². The Morgan fingerprint density at radius 3 is 2.36 bits per heavy atom. The molecule has 5 nitrogen and oxygen atoms in total. The maximum atomic E-state index is 13.1. The Hall–Kier alpha value is -3.81. The minimum absolute atomic E-state index is 0.0993. The first kappa shape index (κ1) is 25.3. The van der Waals surface area contributed by atoms with Gasteiger partial charge in [0.15, 0.2) is 0 Å². The fraction of sp³-hybridized carbons (Fsp3) is 0.286. The van der Waals surface area contributed by atoms with Gasteiger partial charge in [0.1, 0.15) is 0 Å². The molecule has 0 unspecified atom stereocenters. The molecule has 1 fully saturated rings. The highest BCUT2D eigenvalue weighted by Crippen LogP contribution is 2.30. The van der Waals surface area contributed by atoms with Crippen LogP contribution in [0, 0.1) is 0 Å². The molecular formula is C28H28F3N3O2. The van der Waals surface area contributed by atoms with E-state index in [2.05, 4.69) is 5.32 Å². The Morgan fingerprint density at radius 1 is 0.972 bits per heavy atom. The van der Waals surface area contributed by atoms with Gasteiger partial charge in [-0.1, -0.05) is 49.4 Å². The molecule has 1 N–H and O–H groups in total. The average Bonchev–Trinajstić information content (AvgIpc) is 2.87. The van der Waals surface area contributed by atoms with Crippen molar-refractivity contribution in [1.82, 2.24) is 4.90 Å². The summed E-state index contributed by atoms with van der Waals surface area (Å²) in [5, 5.41) is 2.95. The van der Waals surface area contributed by atoms with Crippen LogP contribution in [-0.2, 0) is 17.5 Å². The van der Waals surface area contributed by atoms with Crippen molar-refractivity contribution in [2.75, 3.05) is 23.3 Å². The first-order valence-electron chi connectivity index (χ1n) is 11.9. The van der Waals surface area contributed by atoms with Crippen LogP contribution in [0.2, 0.25) is 0 Å². The van der Waals surface area contributed by atoms with Gasteiger partial charge in [-0.25, -0.2) is 4.79 Å². The number of carbonyl (C=O) groups is 2. The second kappa shape index (κ2) is 10.8. The van der Waals surface area contributed by atoms with Crippen molar-refractivity contribution in [1.29, 1.82) is 0 Å². The third-order valence-electron chi connectivity index (χ3n) is 6.31. The number of nitrogens with zero attached hydrogens (tertiary/aromatic N) is 2. The second-order valence-electron chi connectivity index (χ2n) is 8.82. The molecule has 1 aliphatic rings. The molecule has 0 aromatic heterocycles. The number of alkyl halides is 3. The Bertz CT molecular complexity index is 1200. The van der Waals surface area contributed by atoms with Gasteiger partial charge < -0.3 is 10.2 Å². The summed E-state index contributed by atoms with van der Waals surface area (Å²) in [7, 11) is 0. The van der Waals surface area contributed by atoms with Crippen molar-refractivity contribution in [2.24, 2.45) is 0 Å². The third-order valence-corrected chi connectivity index (χ3v) is 6.31. The molecule has 4 rings (SSSR count). The molecule has 0 aliphatic carbocycles. The van der Waals surface area contributed by atoms with Crippen LogP contribution in [0.5, 0.6) is 0 Å². The Labute approximate surface area is 208 Å². The minimum Gasteiger partial charge on any atom is -0.326 e. The summed E-state index contributed by atoms with van der Waals surface area (Å²) in [5.41, 5.74) is 1.96. The number of amides is 3. The van der Waals surface area contributed by atoms with E-state index in [4.69, 9.17) is 0 Å². The van der Waals surface area contributed by atoms with Crippen molar-refractivity contribution in [2.45, 2.75) is 38.4 Å². The highest BCUT2D eigenvalue weighted by atomic mass is 19.4. The fourth-order valence-electron chi connectivity index (χ4n) is 4.45. The maximum Gasteiger partial charge on any atom is 0.416 e. The standard InChI is InChI=1S/C28H28F3N3O2/c1-2-25(21-9-4-3-5-10-21)26(35)32-23-12-14-24(15-13-23)34-17-7-16-33(27(34)36)19-20-8-6-11-22(18-20)28(29,30)31/h3-6,8-15,18,25H,2,7,16-17,19H2,1H3,(H,32,35)/t25-/m0/s1. The molecule has 3 aromatic carbocycles. The molecule has 1 aliphatic heterocycles. The maximum absolute atomic E-state index is 13.1. The summed E-state index contributed by atoms with van der Waals surface area (Å²) in [4.78, 5) is 29.1. The van der Waals surface area contributed by atoms with E-state index < -0.39 is 11.7 Å². The lowest BCUT2D eigenvalue weighted by Crippen LogP contribution is -2.49. The fourth-order valence-corrected chi connectivity index (χ4v) is 4.45. The van der Waals surface area contributed by atoms with Gasteiger partial charge in [-0.15, -0.1) is 0 Å². The molecule has 1 atom stereocenters. The minimum atomic E-state index is -4.43. The predicted octanol–water partition coefficient (Wildman–Crippen LogP) is 6.67. The summed E-state index contributed by atoms with van der Waals surface area (Å²) in [5.74, 6) is -0.364. The number of hydrogen-bond acceptors (Lipinski definition) is 2. The molecule has 1 heterocycles. The van der Waals surface area contributed by atoms with E-state index >= 15 is 0 Å². The number of halogens is 3. The largest absolute Gasteiger partial charge is 0.416 e. The van der Waals surface area contributed by atoms with E-state index in [1.807, 2.05) is 37.3 Å². The van der Waals surface area contributed by atoms with Gasteiger partial charge in [0.05, 0.1) is 11.5 Å². The molecule has 1 saturated heterocycles. The van der Waals surface area contributed by atoms with Crippen molar-refractivity contribution in [3.63, 3.8) is 0 Å². The van der Waals surface area contributed by atoms with Crippen LogP contribution in [0.4, 0.5) is 29.3 Å². The van der Waals surface area contributed by atoms with E-state index in [-0.39, 0.29) is 24.4 Å². The van der Waals surface area contributed by atoms with E-state index in [0.29, 0.717) is 42.9 Å². The zero-order chi connectivity index (χ0) is 25.7. The molecule has 8 heteroatoms. The molecule has 0 saturated carbocycles. The number of nitrogens with one attached hydrogen (secondary N) is 1. The van der Waals surface area contributed by atoms with E-state index in [9.17, 15) is 22.8 Å². The summed E-state index contributed by atoms with van der Waals surface area (Å²) in [6.07, 6.45) is -3.07. The third kappa shape index (κ3) is 5.87. The first-order valence-corrected chi connectivity index (χ1v) is 11.9. The van der Waals surface area contributed by atoms with Crippen molar-refractivity contribution < 1.29 is 22.8 Å². The average molecular weight is 496 g/mol. The number of anilines is 2. The van der Waals surface area contributed by atoms with Crippen molar-refractivity contribution in [3.05, 3.63) is 95.6 Å². The molecule has 36 heavy (non-hydrogen) atoms. The first-order chi connectivity index (χ1) is 17.3. The number of carbonyl (C=O) groups excluding carboxylic acids is 2. The highest BCUT2D eigenvalue weighted by Gasteiger charge is 2.31. The van der Waals surface area contributed by atoms with Gasteiger partial charge >= 0.3 is 12.2 Å². The molecule has 0 radical (unpaired) electrons. The summed E-state index contributed by atoms with van der Waals surface area (Å²) >= 11 is 0. The smallest absolute Gasteiger partial charge is 0.326 e. The van der Waals surface area contributed by atoms with Crippen LogP contribution in [-0.4, -0.2) is 29.9 Å². The van der Waals surface area contributed by atoms with Gasteiger partial charge in [0.25, 0.3) is 0 Å². The molecule has 0 bridgehead atoms. The highest BCUT2D eigenvalue weighted by molar-refractivity contribution is 5.97. The Balaban J connectivity index is 1.42. The lowest BCUT2D eigenvalue weighted by Gasteiger charge is -2.36. The quantitative estimate of drug-likeness (QED) is 0.398. The molecule has 188 valence electrons. The summed E-state index contributed by atoms with van der Waals surface area (Å²) < 4.78 is 39.2. The Kier molecular flexibility index (Phi) is 7.62. The summed E-state index contributed by atoms with van der Waals surface area (Å²) in [6, 6.07) is 21.5. The zero-order valence-corrected chi connectivity index (χ0v) is 20.0. The van der Waals surface area contributed by atoms with Gasteiger partial charge in [-0.05, 0) is 60.4 Å². The van der Waals surface area contributed by atoms with Gasteiger partial charge in [-0.3, -0.25) is 9.69 Å². The lowest BCUT2D eigenvalue weighted by molar-refractivity contribution is -0.137.